The number of carbonyl (C=O) groups excluding carboxylic acids is 1. The molecule has 0 saturated carbocycles. The van der Waals surface area contributed by atoms with E-state index in [4.69, 9.17) is 9.47 Å². The smallest absolute Gasteiger partial charge is 0.307 e. The van der Waals surface area contributed by atoms with Gasteiger partial charge in [0, 0.05) is 24.4 Å². The number of hydrogen-bond acceptors (Lipinski definition) is 5. The van der Waals surface area contributed by atoms with Crippen LogP contribution in [0.25, 0.3) is 0 Å². The number of ether oxygens (including phenoxy) is 2. The first kappa shape index (κ1) is 15.6. The summed E-state index contributed by atoms with van der Waals surface area (Å²) in [4.78, 5) is 14.3. The molecule has 0 N–H and O–H groups in total. The molecule has 1 spiro atoms. The molecule has 5 heteroatoms. The molecule has 0 radical (unpaired) electrons. The Balaban J connectivity index is 1.66. The molecule has 120 valence electrons. The third-order valence-electron chi connectivity index (χ3n) is 5.31. The third-order valence-corrected chi connectivity index (χ3v) is 6.53. The van der Waals surface area contributed by atoms with Crippen molar-refractivity contribution in [3.63, 3.8) is 0 Å². The third kappa shape index (κ3) is 3.57. The molecule has 3 heterocycles. The standard InChI is InChI=1S/C16H27NO3S/c1-19-15(18)10-13-4-2-3-7-17(13)14-5-8-20-16(11-14)6-9-21-12-16/h13-14H,2-12H2,1H3. The molecule has 0 aromatic carbocycles. The Labute approximate surface area is 131 Å². The number of piperidine rings is 1. The molecule has 0 bridgehead atoms. The van der Waals surface area contributed by atoms with E-state index in [2.05, 4.69) is 4.90 Å². The highest BCUT2D eigenvalue weighted by Gasteiger charge is 2.43. The zero-order chi connectivity index (χ0) is 14.7. The lowest BCUT2D eigenvalue weighted by Gasteiger charge is -2.47. The molecule has 4 nitrogen and oxygen atoms in total. The van der Waals surface area contributed by atoms with Crippen LogP contribution in [0.15, 0.2) is 0 Å². The van der Waals surface area contributed by atoms with Gasteiger partial charge in [0.2, 0.25) is 0 Å². The van der Waals surface area contributed by atoms with Crippen LogP contribution in [0.3, 0.4) is 0 Å². The molecule has 3 unspecified atom stereocenters. The van der Waals surface area contributed by atoms with E-state index in [-0.39, 0.29) is 11.6 Å². The molecule has 21 heavy (non-hydrogen) atoms. The van der Waals surface area contributed by atoms with Crippen LogP contribution in [-0.2, 0) is 14.3 Å². The highest BCUT2D eigenvalue weighted by atomic mass is 32.2. The molecule has 3 rings (SSSR count). The first-order chi connectivity index (χ1) is 10.2. The Kier molecular flexibility index (Phi) is 5.12. The number of hydrogen-bond donors (Lipinski definition) is 0. The lowest BCUT2D eigenvalue weighted by Crippen LogP contribution is -2.54. The van der Waals surface area contributed by atoms with Gasteiger partial charge in [0.05, 0.1) is 19.1 Å². The topological polar surface area (TPSA) is 38.8 Å². The second kappa shape index (κ2) is 6.88. The summed E-state index contributed by atoms with van der Waals surface area (Å²) < 4.78 is 11.0. The molecular weight excluding hydrogens is 286 g/mol. The minimum Gasteiger partial charge on any atom is -0.469 e. The molecule has 3 aliphatic heterocycles. The fourth-order valence-corrected chi connectivity index (χ4v) is 5.52. The number of thioether (sulfide) groups is 1. The summed E-state index contributed by atoms with van der Waals surface area (Å²) in [6.07, 6.45) is 7.65. The fourth-order valence-electron chi connectivity index (χ4n) is 4.15. The average molecular weight is 313 g/mol. The van der Waals surface area contributed by atoms with E-state index in [1.807, 2.05) is 11.8 Å². The van der Waals surface area contributed by atoms with Gasteiger partial charge in [0.1, 0.15) is 0 Å². The maximum atomic E-state index is 11.7. The van der Waals surface area contributed by atoms with Gasteiger partial charge in [-0.1, -0.05) is 6.42 Å². The van der Waals surface area contributed by atoms with Crippen LogP contribution in [0.1, 0.15) is 44.9 Å². The number of nitrogens with zero attached hydrogens (tertiary/aromatic N) is 1. The van der Waals surface area contributed by atoms with Crippen molar-refractivity contribution in [2.75, 3.05) is 31.8 Å². The summed E-state index contributed by atoms with van der Waals surface area (Å²) in [6, 6.07) is 0.966. The van der Waals surface area contributed by atoms with Crippen LogP contribution in [0.4, 0.5) is 0 Å². The number of rotatable bonds is 3. The fraction of sp³-hybridized carbons (Fsp3) is 0.938. The molecular formula is C16H27NO3S. The van der Waals surface area contributed by atoms with Crippen LogP contribution < -0.4 is 0 Å². The summed E-state index contributed by atoms with van der Waals surface area (Å²) >= 11 is 2.03. The summed E-state index contributed by atoms with van der Waals surface area (Å²) in [5.41, 5.74) is 0.126. The van der Waals surface area contributed by atoms with E-state index < -0.39 is 0 Å². The van der Waals surface area contributed by atoms with E-state index in [1.165, 1.54) is 32.1 Å². The molecule has 0 aliphatic carbocycles. The Morgan fingerprint density at radius 2 is 2.33 bits per heavy atom. The average Bonchev–Trinajstić information content (AvgIpc) is 2.95. The van der Waals surface area contributed by atoms with E-state index in [0.717, 1.165) is 38.2 Å². The van der Waals surface area contributed by atoms with Crippen molar-refractivity contribution in [2.24, 2.45) is 0 Å². The molecule has 0 amide bonds. The van der Waals surface area contributed by atoms with Gasteiger partial charge >= 0.3 is 5.97 Å². The maximum Gasteiger partial charge on any atom is 0.307 e. The lowest BCUT2D eigenvalue weighted by molar-refractivity contribution is -0.143. The lowest BCUT2D eigenvalue weighted by atomic mass is 9.86. The minimum absolute atomic E-state index is 0.0647. The molecule has 3 atom stereocenters. The van der Waals surface area contributed by atoms with Crippen molar-refractivity contribution < 1.29 is 14.3 Å². The van der Waals surface area contributed by atoms with E-state index in [0.29, 0.717) is 18.5 Å². The van der Waals surface area contributed by atoms with Crippen molar-refractivity contribution in [2.45, 2.75) is 62.6 Å². The zero-order valence-electron chi connectivity index (χ0n) is 13.0. The summed E-state index contributed by atoms with van der Waals surface area (Å²) in [5.74, 6) is 2.32. The zero-order valence-corrected chi connectivity index (χ0v) is 13.8. The van der Waals surface area contributed by atoms with Crippen LogP contribution in [0.2, 0.25) is 0 Å². The van der Waals surface area contributed by atoms with Crippen LogP contribution in [0.5, 0.6) is 0 Å². The minimum atomic E-state index is -0.0647. The second-order valence-electron chi connectivity index (χ2n) is 6.65. The first-order valence-corrected chi connectivity index (χ1v) is 9.42. The van der Waals surface area contributed by atoms with Gasteiger partial charge in [0.15, 0.2) is 0 Å². The van der Waals surface area contributed by atoms with Gasteiger partial charge in [0.25, 0.3) is 0 Å². The second-order valence-corrected chi connectivity index (χ2v) is 7.75. The Bertz CT molecular complexity index is 371. The van der Waals surface area contributed by atoms with E-state index in [9.17, 15) is 4.79 Å². The van der Waals surface area contributed by atoms with Gasteiger partial charge < -0.3 is 9.47 Å². The van der Waals surface area contributed by atoms with Crippen molar-refractivity contribution in [3.05, 3.63) is 0 Å². The molecule has 0 aromatic rings. The van der Waals surface area contributed by atoms with Gasteiger partial charge in [-0.05, 0) is 44.4 Å². The van der Waals surface area contributed by atoms with E-state index >= 15 is 0 Å². The van der Waals surface area contributed by atoms with Crippen molar-refractivity contribution >= 4 is 17.7 Å². The van der Waals surface area contributed by atoms with Gasteiger partial charge in [-0.3, -0.25) is 9.69 Å². The highest BCUT2D eigenvalue weighted by molar-refractivity contribution is 7.99. The molecule has 0 aromatic heterocycles. The number of esters is 1. The SMILES string of the molecule is COC(=O)CC1CCCCN1C1CCOC2(CCSC2)C1. The quantitative estimate of drug-likeness (QED) is 0.748. The van der Waals surface area contributed by atoms with E-state index in [1.54, 1.807) is 0 Å². The normalized spacial score (nSPS) is 37.8. The first-order valence-electron chi connectivity index (χ1n) is 8.27. The monoisotopic (exact) mass is 313 g/mol. The predicted molar refractivity (Wildman–Crippen MR) is 84.6 cm³/mol. The summed E-state index contributed by atoms with van der Waals surface area (Å²) in [5, 5.41) is 0. The molecule has 3 fully saturated rings. The van der Waals surface area contributed by atoms with Crippen LogP contribution in [0, 0.1) is 0 Å². The predicted octanol–water partition coefficient (Wildman–Crippen LogP) is 2.46. The van der Waals surface area contributed by atoms with Crippen LogP contribution >= 0.6 is 11.8 Å². The Morgan fingerprint density at radius 1 is 1.43 bits per heavy atom. The van der Waals surface area contributed by atoms with Gasteiger partial charge in [-0.25, -0.2) is 0 Å². The van der Waals surface area contributed by atoms with Gasteiger partial charge in [-0.15, -0.1) is 0 Å². The molecule has 3 aliphatic rings. The maximum absolute atomic E-state index is 11.7. The van der Waals surface area contributed by atoms with Crippen LogP contribution in [-0.4, -0.2) is 60.3 Å². The van der Waals surface area contributed by atoms with Crippen molar-refractivity contribution in [1.29, 1.82) is 0 Å². The van der Waals surface area contributed by atoms with Crippen molar-refractivity contribution in [1.82, 2.24) is 4.90 Å². The largest absolute Gasteiger partial charge is 0.469 e. The number of carbonyl (C=O) groups is 1. The number of methoxy groups -OCH3 is 1. The Morgan fingerprint density at radius 3 is 3.10 bits per heavy atom. The molecule has 3 saturated heterocycles. The number of likely N-dealkylation sites (tertiary alicyclic amines) is 1. The summed E-state index contributed by atoms with van der Waals surface area (Å²) in [7, 11) is 1.49. The van der Waals surface area contributed by atoms with Gasteiger partial charge in [-0.2, -0.15) is 11.8 Å². The summed E-state index contributed by atoms with van der Waals surface area (Å²) in [6.45, 7) is 2.02. The van der Waals surface area contributed by atoms with Crippen molar-refractivity contribution in [3.8, 4) is 0 Å². The highest BCUT2D eigenvalue weighted by Crippen LogP contribution is 2.40. The Hall–Kier alpha value is -0.260.